The Bertz CT molecular complexity index is 922. The summed E-state index contributed by atoms with van der Waals surface area (Å²) < 4.78 is 1.70. The van der Waals surface area contributed by atoms with Gasteiger partial charge in [0.1, 0.15) is 12.7 Å². The van der Waals surface area contributed by atoms with E-state index >= 15 is 0 Å². The first-order valence-electron chi connectivity index (χ1n) is 8.73. The number of anilines is 1. The lowest BCUT2D eigenvalue weighted by molar-refractivity contribution is -0.136. The van der Waals surface area contributed by atoms with Gasteiger partial charge >= 0.3 is 11.8 Å². The summed E-state index contributed by atoms with van der Waals surface area (Å²) in [5.74, 6) is -1.36. The molecule has 3 aromatic rings. The topological polar surface area (TPSA) is 88.9 Å². The number of aryl methyl sites for hydroxylation is 1. The predicted octanol–water partition coefficient (Wildman–Crippen LogP) is 2.14. The third-order valence-corrected chi connectivity index (χ3v) is 4.16. The lowest BCUT2D eigenvalue weighted by atomic mass is 10.1. The van der Waals surface area contributed by atoms with Crippen molar-refractivity contribution in [1.29, 1.82) is 0 Å². The second kappa shape index (κ2) is 8.75. The van der Waals surface area contributed by atoms with Gasteiger partial charge in [-0.05, 0) is 35.2 Å². The molecule has 0 unspecified atom stereocenters. The molecule has 1 aromatic heterocycles. The van der Waals surface area contributed by atoms with E-state index < -0.39 is 11.8 Å². The highest BCUT2D eigenvalue weighted by atomic mass is 16.2. The van der Waals surface area contributed by atoms with E-state index in [1.165, 1.54) is 6.33 Å². The monoisotopic (exact) mass is 363 g/mol. The third-order valence-electron chi connectivity index (χ3n) is 4.16. The van der Waals surface area contributed by atoms with Crippen LogP contribution in [-0.4, -0.2) is 26.6 Å². The van der Waals surface area contributed by atoms with Gasteiger partial charge in [-0.15, -0.1) is 0 Å². The van der Waals surface area contributed by atoms with E-state index in [9.17, 15) is 9.59 Å². The molecule has 2 N–H and O–H groups in total. The van der Waals surface area contributed by atoms with Gasteiger partial charge in [0.2, 0.25) is 0 Å². The van der Waals surface area contributed by atoms with Gasteiger partial charge in [-0.3, -0.25) is 9.59 Å². The summed E-state index contributed by atoms with van der Waals surface area (Å²) in [5.41, 5.74) is 3.62. The van der Waals surface area contributed by atoms with Crippen LogP contribution >= 0.6 is 0 Å². The van der Waals surface area contributed by atoms with Gasteiger partial charge in [0.15, 0.2) is 0 Å². The van der Waals surface area contributed by atoms with Crippen molar-refractivity contribution in [2.45, 2.75) is 26.4 Å². The summed E-state index contributed by atoms with van der Waals surface area (Å²) >= 11 is 0. The minimum absolute atomic E-state index is 0.256. The second-order valence-electron chi connectivity index (χ2n) is 6.05. The van der Waals surface area contributed by atoms with Crippen LogP contribution in [0.5, 0.6) is 0 Å². The smallest absolute Gasteiger partial charge is 0.313 e. The van der Waals surface area contributed by atoms with Gasteiger partial charge < -0.3 is 10.6 Å². The van der Waals surface area contributed by atoms with Crippen molar-refractivity contribution in [3.63, 3.8) is 0 Å². The molecule has 0 aliphatic heterocycles. The maximum absolute atomic E-state index is 12.2. The molecular weight excluding hydrogens is 342 g/mol. The van der Waals surface area contributed by atoms with Crippen LogP contribution in [0.25, 0.3) is 0 Å². The fraction of sp³-hybridized carbons (Fsp3) is 0.200. The molecule has 0 radical (unpaired) electrons. The standard InChI is InChI=1S/C20H21N5O2/c1-2-15-6-5-9-18(10-15)24-20(27)19(26)22-11-16-7-3-4-8-17(16)12-25-14-21-13-23-25/h3-10,13-14H,2,11-12H2,1H3,(H,22,26)(H,24,27). The molecule has 2 amide bonds. The molecule has 0 spiro atoms. The fourth-order valence-corrected chi connectivity index (χ4v) is 2.69. The van der Waals surface area contributed by atoms with Crippen LogP contribution in [0.15, 0.2) is 61.2 Å². The van der Waals surface area contributed by atoms with Gasteiger partial charge in [-0.1, -0.05) is 43.3 Å². The minimum Gasteiger partial charge on any atom is -0.344 e. The largest absolute Gasteiger partial charge is 0.344 e. The zero-order valence-corrected chi connectivity index (χ0v) is 15.1. The summed E-state index contributed by atoms with van der Waals surface area (Å²) in [6.07, 6.45) is 3.97. The molecular formula is C20H21N5O2. The normalized spacial score (nSPS) is 10.4. The van der Waals surface area contributed by atoms with E-state index in [1.807, 2.05) is 49.4 Å². The highest BCUT2D eigenvalue weighted by Gasteiger charge is 2.14. The average molecular weight is 363 g/mol. The number of carbonyl (C=O) groups excluding carboxylic acids is 2. The van der Waals surface area contributed by atoms with E-state index in [4.69, 9.17) is 0 Å². The van der Waals surface area contributed by atoms with Crippen LogP contribution < -0.4 is 10.6 Å². The van der Waals surface area contributed by atoms with E-state index in [2.05, 4.69) is 20.7 Å². The number of hydrogen-bond donors (Lipinski definition) is 2. The summed E-state index contributed by atoms with van der Waals surface area (Å²) in [6.45, 7) is 2.83. The molecule has 0 fully saturated rings. The van der Waals surface area contributed by atoms with Crippen LogP contribution in [0.1, 0.15) is 23.6 Å². The van der Waals surface area contributed by atoms with Crippen LogP contribution in [0.2, 0.25) is 0 Å². The molecule has 7 nitrogen and oxygen atoms in total. The number of hydrogen-bond acceptors (Lipinski definition) is 4. The number of benzene rings is 2. The average Bonchev–Trinajstić information content (AvgIpc) is 3.20. The Morgan fingerprint density at radius 3 is 2.59 bits per heavy atom. The van der Waals surface area contributed by atoms with Gasteiger partial charge in [-0.25, -0.2) is 9.67 Å². The lowest BCUT2D eigenvalue weighted by Gasteiger charge is -2.11. The van der Waals surface area contributed by atoms with Crippen molar-refractivity contribution in [1.82, 2.24) is 20.1 Å². The molecule has 1 heterocycles. The fourth-order valence-electron chi connectivity index (χ4n) is 2.69. The maximum Gasteiger partial charge on any atom is 0.313 e. The number of aromatic nitrogens is 3. The molecule has 0 aliphatic rings. The Hall–Kier alpha value is -3.48. The van der Waals surface area contributed by atoms with Crippen molar-refractivity contribution in [2.75, 3.05) is 5.32 Å². The summed E-state index contributed by atoms with van der Waals surface area (Å²) in [7, 11) is 0. The van der Waals surface area contributed by atoms with Crippen molar-refractivity contribution >= 4 is 17.5 Å². The van der Waals surface area contributed by atoms with Gasteiger partial charge in [0, 0.05) is 12.2 Å². The van der Waals surface area contributed by atoms with E-state index in [-0.39, 0.29) is 6.54 Å². The lowest BCUT2D eigenvalue weighted by Crippen LogP contribution is -2.35. The second-order valence-corrected chi connectivity index (χ2v) is 6.05. The van der Waals surface area contributed by atoms with Crippen LogP contribution in [0, 0.1) is 0 Å². The number of nitrogens with zero attached hydrogens (tertiary/aromatic N) is 3. The Morgan fingerprint density at radius 1 is 1.04 bits per heavy atom. The van der Waals surface area contributed by atoms with E-state index in [0.29, 0.717) is 12.2 Å². The van der Waals surface area contributed by atoms with Crippen molar-refractivity contribution in [3.05, 3.63) is 77.9 Å². The SMILES string of the molecule is CCc1cccc(NC(=O)C(=O)NCc2ccccc2Cn2cncn2)c1. The zero-order chi connectivity index (χ0) is 19.1. The first-order chi connectivity index (χ1) is 13.2. The molecule has 3 rings (SSSR count). The predicted molar refractivity (Wildman–Crippen MR) is 102 cm³/mol. The van der Waals surface area contributed by atoms with Gasteiger partial charge in [0.05, 0.1) is 6.54 Å². The number of amides is 2. The van der Waals surface area contributed by atoms with Gasteiger partial charge in [0.25, 0.3) is 0 Å². The van der Waals surface area contributed by atoms with Crippen LogP contribution in [0.4, 0.5) is 5.69 Å². The molecule has 138 valence electrons. The van der Waals surface area contributed by atoms with Gasteiger partial charge in [-0.2, -0.15) is 5.10 Å². The van der Waals surface area contributed by atoms with E-state index in [0.717, 1.165) is 23.1 Å². The zero-order valence-electron chi connectivity index (χ0n) is 15.1. The van der Waals surface area contributed by atoms with Crippen molar-refractivity contribution in [2.24, 2.45) is 0 Å². The molecule has 0 aliphatic carbocycles. The first kappa shape index (κ1) is 18.3. The molecule has 0 saturated carbocycles. The Labute approximate surface area is 157 Å². The number of rotatable bonds is 6. The van der Waals surface area contributed by atoms with Crippen LogP contribution in [-0.2, 0) is 29.1 Å². The molecule has 0 saturated heterocycles. The highest BCUT2D eigenvalue weighted by Crippen LogP contribution is 2.12. The Kier molecular flexibility index (Phi) is 5.94. The molecule has 7 heteroatoms. The van der Waals surface area contributed by atoms with E-state index in [1.54, 1.807) is 17.1 Å². The summed E-state index contributed by atoms with van der Waals surface area (Å²) in [5, 5.41) is 9.39. The third kappa shape index (κ3) is 5.01. The molecule has 27 heavy (non-hydrogen) atoms. The first-order valence-corrected chi connectivity index (χ1v) is 8.73. The quantitative estimate of drug-likeness (QED) is 0.657. The maximum atomic E-state index is 12.2. The Balaban J connectivity index is 1.59. The van der Waals surface area contributed by atoms with Crippen LogP contribution in [0.3, 0.4) is 0 Å². The summed E-state index contributed by atoms with van der Waals surface area (Å²) in [4.78, 5) is 28.2. The van der Waals surface area contributed by atoms with Crippen molar-refractivity contribution in [3.8, 4) is 0 Å². The minimum atomic E-state index is -0.683. The molecule has 0 atom stereocenters. The number of carbonyl (C=O) groups is 2. The Morgan fingerprint density at radius 2 is 1.85 bits per heavy atom. The van der Waals surface area contributed by atoms with Crippen molar-refractivity contribution < 1.29 is 9.59 Å². The molecule has 2 aromatic carbocycles. The molecule has 0 bridgehead atoms. The number of nitrogens with one attached hydrogen (secondary N) is 2. The summed E-state index contributed by atoms with van der Waals surface area (Å²) in [6, 6.07) is 15.1. The highest BCUT2D eigenvalue weighted by molar-refractivity contribution is 6.39.